The molecule has 0 unspecified atom stereocenters. The van der Waals surface area contributed by atoms with Gasteiger partial charge in [-0.3, -0.25) is 4.79 Å². The number of anilines is 2. The van der Waals surface area contributed by atoms with Gasteiger partial charge in [0.25, 0.3) is 0 Å². The smallest absolute Gasteiger partial charge is 0.229 e. The van der Waals surface area contributed by atoms with Gasteiger partial charge in [0, 0.05) is 6.04 Å². The largest absolute Gasteiger partial charge is 0.366 e. The van der Waals surface area contributed by atoms with Gasteiger partial charge >= 0.3 is 0 Å². The Morgan fingerprint density at radius 1 is 1.10 bits per heavy atom. The molecule has 0 aliphatic heterocycles. The van der Waals surface area contributed by atoms with Crippen molar-refractivity contribution < 1.29 is 9.18 Å². The summed E-state index contributed by atoms with van der Waals surface area (Å²) in [4.78, 5) is 11.8. The SMILES string of the molecule is CC(C)Nc1ccc(NC(=O)Cc2ccc(F)cc2)nn1. The van der Waals surface area contributed by atoms with Crippen molar-refractivity contribution in [2.45, 2.75) is 26.3 Å². The summed E-state index contributed by atoms with van der Waals surface area (Å²) in [6.45, 7) is 4.00. The van der Waals surface area contributed by atoms with Crippen molar-refractivity contribution >= 4 is 17.5 Å². The highest BCUT2D eigenvalue weighted by Crippen LogP contribution is 2.09. The van der Waals surface area contributed by atoms with Gasteiger partial charge in [-0.2, -0.15) is 0 Å². The second-order valence-electron chi connectivity index (χ2n) is 4.95. The molecule has 0 radical (unpaired) electrons. The van der Waals surface area contributed by atoms with E-state index in [1.54, 1.807) is 24.3 Å². The summed E-state index contributed by atoms with van der Waals surface area (Å²) in [6.07, 6.45) is 0.161. The molecule has 6 heteroatoms. The van der Waals surface area contributed by atoms with E-state index >= 15 is 0 Å². The molecular formula is C15H17FN4O. The fourth-order valence-electron chi connectivity index (χ4n) is 1.75. The van der Waals surface area contributed by atoms with Gasteiger partial charge < -0.3 is 10.6 Å². The van der Waals surface area contributed by atoms with Crippen molar-refractivity contribution in [3.63, 3.8) is 0 Å². The lowest BCUT2D eigenvalue weighted by molar-refractivity contribution is -0.115. The molecule has 1 aromatic carbocycles. The van der Waals surface area contributed by atoms with Crippen LogP contribution in [0.25, 0.3) is 0 Å². The number of carbonyl (C=O) groups excluding carboxylic acids is 1. The Morgan fingerprint density at radius 2 is 1.71 bits per heavy atom. The lowest BCUT2D eigenvalue weighted by Gasteiger charge is -2.09. The number of amides is 1. The quantitative estimate of drug-likeness (QED) is 0.887. The first-order chi connectivity index (χ1) is 10.0. The molecule has 1 amide bonds. The molecule has 0 fully saturated rings. The average Bonchev–Trinajstić information content (AvgIpc) is 2.43. The average molecular weight is 288 g/mol. The normalized spacial score (nSPS) is 10.5. The van der Waals surface area contributed by atoms with Gasteiger partial charge in [0.1, 0.15) is 11.6 Å². The predicted molar refractivity (Wildman–Crippen MR) is 79.5 cm³/mol. The van der Waals surface area contributed by atoms with Gasteiger partial charge in [0.05, 0.1) is 6.42 Å². The van der Waals surface area contributed by atoms with E-state index in [-0.39, 0.29) is 24.2 Å². The van der Waals surface area contributed by atoms with Crippen LogP contribution in [0.4, 0.5) is 16.0 Å². The molecular weight excluding hydrogens is 271 g/mol. The van der Waals surface area contributed by atoms with Crippen LogP contribution in [0.2, 0.25) is 0 Å². The van der Waals surface area contributed by atoms with E-state index in [9.17, 15) is 9.18 Å². The minimum absolute atomic E-state index is 0.161. The Labute approximate surface area is 122 Å². The van der Waals surface area contributed by atoms with E-state index in [4.69, 9.17) is 0 Å². The van der Waals surface area contributed by atoms with Crippen molar-refractivity contribution in [2.24, 2.45) is 0 Å². The second-order valence-corrected chi connectivity index (χ2v) is 4.95. The van der Waals surface area contributed by atoms with Crippen LogP contribution in [-0.2, 0) is 11.2 Å². The molecule has 0 atom stereocenters. The van der Waals surface area contributed by atoms with Crippen LogP contribution in [0, 0.1) is 5.82 Å². The van der Waals surface area contributed by atoms with Crippen LogP contribution in [0.5, 0.6) is 0 Å². The third-order valence-electron chi connectivity index (χ3n) is 2.65. The molecule has 110 valence electrons. The van der Waals surface area contributed by atoms with E-state index in [1.165, 1.54) is 12.1 Å². The molecule has 1 aromatic heterocycles. The van der Waals surface area contributed by atoms with Crippen LogP contribution < -0.4 is 10.6 Å². The number of nitrogens with zero attached hydrogens (tertiary/aromatic N) is 2. The maximum Gasteiger partial charge on any atom is 0.229 e. The number of carbonyl (C=O) groups is 1. The van der Waals surface area contributed by atoms with Gasteiger partial charge in [-0.15, -0.1) is 10.2 Å². The number of halogens is 1. The van der Waals surface area contributed by atoms with E-state index in [0.29, 0.717) is 11.6 Å². The summed E-state index contributed by atoms with van der Waals surface area (Å²) in [7, 11) is 0. The van der Waals surface area contributed by atoms with Crippen LogP contribution in [-0.4, -0.2) is 22.1 Å². The Bertz CT molecular complexity index is 596. The first-order valence-corrected chi connectivity index (χ1v) is 6.67. The van der Waals surface area contributed by atoms with Crippen molar-refractivity contribution in [3.8, 4) is 0 Å². The topological polar surface area (TPSA) is 66.9 Å². The Morgan fingerprint density at radius 3 is 2.29 bits per heavy atom. The molecule has 1 heterocycles. The zero-order chi connectivity index (χ0) is 15.2. The summed E-state index contributed by atoms with van der Waals surface area (Å²) in [5.41, 5.74) is 0.736. The lowest BCUT2D eigenvalue weighted by Crippen LogP contribution is -2.16. The van der Waals surface area contributed by atoms with Crippen molar-refractivity contribution in [2.75, 3.05) is 10.6 Å². The first-order valence-electron chi connectivity index (χ1n) is 6.67. The number of rotatable bonds is 5. The summed E-state index contributed by atoms with van der Waals surface area (Å²) in [5.74, 6) is 0.497. The maximum atomic E-state index is 12.8. The molecule has 5 nitrogen and oxygen atoms in total. The predicted octanol–water partition coefficient (Wildman–Crippen LogP) is 2.62. The number of benzene rings is 1. The van der Waals surface area contributed by atoms with E-state index in [1.807, 2.05) is 13.8 Å². The van der Waals surface area contributed by atoms with Crippen molar-refractivity contribution in [1.82, 2.24) is 10.2 Å². The Kier molecular flexibility index (Phi) is 4.81. The number of hydrogen-bond donors (Lipinski definition) is 2. The van der Waals surface area contributed by atoms with Gasteiger partial charge in [-0.1, -0.05) is 12.1 Å². The highest BCUT2D eigenvalue weighted by atomic mass is 19.1. The highest BCUT2D eigenvalue weighted by molar-refractivity contribution is 5.91. The molecule has 0 aliphatic rings. The minimum Gasteiger partial charge on any atom is -0.366 e. The first kappa shape index (κ1) is 14.9. The van der Waals surface area contributed by atoms with Gasteiger partial charge in [0.2, 0.25) is 5.91 Å². The standard InChI is InChI=1S/C15H17FN4O/c1-10(2)17-13-7-8-14(20-19-13)18-15(21)9-11-3-5-12(16)6-4-11/h3-8,10H,9H2,1-2H3,(H,17,19)(H,18,20,21). The minimum atomic E-state index is -0.321. The lowest BCUT2D eigenvalue weighted by atomic mass is 10.1. The van der Waals surface area contributed by atoms with Crippen LogP contribution in [0.15, 0.2) is 36.4 Å². The van der Waals surface area contributed by atoms with E-state index in [0.717, 1.165) is 5.56 Å². The van der Waals surface area contributed by atoms with Gasteiger partial charge in [0.15, 0.2) is 5.82 Å². The van der Waals surface area contributed by atoms with Crippen molar-refractivity contribution in [1.29, 1.82) is 0 Å². The summed E-state index contributed by atoms with van der Waals surface area (Å²) in [6, 6.07) is 9.51. The molecule has 0 saturated heterocycles. The third kappa shape index (κ3) is 4.83. The molecule has 0 saturated carbocycles. The van der Waals surface area contributed by atoms with E-state index < -0.39 is 0 Å². The number of nitrogens with one attached hydrogen (secondary N) is 2. The fraction of sp³-hybridized carbons (Fsp3) is 0.267. The van der Waals surface area contributed by atoms with Crippen molar-refractivity contribution in [3.05, 3.63) is 47.8 Å². The summed E-state index contributed by atoms with van der Waals surface area (Å²) < 4.78 is 12.8. The number of hydrogen-bond acceptors (Lipinski definition) is 4. The van der Waals surface area contributed by atoms with Gasteiger partial charge in [-0.25, -0.2) is 4.39 Å². The molecule has 2 rings (SSSR count). The molecule has 2 aromatic rings. The molecule has 21 heavy (non-hydrogen) atoms. The zero-order valence-electron chi connectivity index (χ0n) is 11.9. The molecule has 0 bridgehead atoms. The van der Waals surface area contributed by atoms with Crippen LogP contribution >= 0.6 is 0 Å². The van der Waals surface area contributed by atoms with Crippen LogP contribution in [0.3, 0.4) is 0 Å². The molecule has 0 aliphatic carbocycles. The summed E-state index contributed by atoms with van der Waals surface area (Å²) >= 11 is 0. The molecule has 2 N–H and O–H groups in total. The second kappa shape index (κ2) is 6.78. The maximum absolute atomic E-state index is 12.8. The van der Waals surface area contributed by atoms with Gasteiger partial charge in [-0.05, 0) is 43.7 Å². The van der Waals surface area contributed by atoms with Crippen LogP contribution in [0.1, 0.15) is 19.4 Å². The Balaban J connectivity index is 1.91. The third-order valence-corrected chi connectivity index (χ3v) is 2.65. The number of aromatic nitrogens is 2. The summed E-state index contributed by atoms with van der Waals surface area (Å²) in [5, 5.41) is 13.6. The highest BCUT2D eigenvalue weighted by Gasteiger charge is 2.06. The zero-order valence-corrected chi connectivity index (χ0v) is 11.9. The fourth-order valence-corrected chi connectivity index (χ4v) is 1.75. The molecule has 0 spiro atoms. The van der Waals surface area contributed by atoms with E-state index in [2.05, 4.69) is 20.8 Å². The Hall–Kier alpha value is -2.50. The monoisotopic (exact) mass is 288 g/mol.